The van der Waals surface area contributed by atoms with E-state index in [1.54, 1.807) is 6.07 Å². The SMILES string of the molecule is O=CC1CCN(c2ccc(C3=C(c4ccccn4)CCCc4cc(C(=O)O)ccc43)cc2)CC1. The molecule has 1 aromatic heterocycles. The monoisotopic (exact) mass is 452 g/mol. The minimum absolute atomic E-state index is 0.180. The Morgan fingerprint density at radius 3 is 2.47 bits per heavy atom. The lowest BCUT2D eigenvalue weighted by molar-refractivity contribution is -0.111. The Kier molecular flexibility index (Phi) is 6.26. The number of aromatic carboxylic acids is 1. The first-order valence-electron chi connectivity index (χ1n) is 12.0. The fourth-order valence-electron chi connectivity index (χ4n) is 5.18. The van der Waals surface area contributed by atoms with Crippen LogP contribution >= 0.6 is 0 Å². The van der Waals surface area contributed by atoms with Crippen molar-refractivity contribution in [3.8, 4) is 0 Å². The molecular weight excluding hydrogens is 424 g/mol. The molecule has 1 fully saturated rings. The van der Waals surface area contributed by atoms with E-state index in [1.165, 1.54) is 11.3 Å². The van der Waals surface area contributed by atoms with E-state index >= 15 is 0 Å². The molecule has 1 aliphatic carbocycles. The van der Waals surface area contributed by atoms with E-state index in [2.05, 4.69) is 40.2 Å². The largest absolute Gasteiger partial charge is 0.478 e. The fourth-order valence-corrected chi connectivity index (χ4v) is 5.18. The van der Waals surface area contributed by atoms with Crippen LogP contribution < -0.4 is 4.90 Å². The highest BCUT2D eigenvalue weighted by atomic mass is 16.4. The summed E-state index contributed by atoms with van der Waals surface area (Å²) in [6.07, 6.45) is 7.37. The van der Waals surface area contributed by atoms with Gasteiger partial charge in [0.15, 0.2) is 0 Å². The van der Waals surface area contributed by atoms with E-state index in [-0.39, 0.29) is 5.92 Å². The number of anilines is 1. The Hall–Kier alpha value is -3.73. The quantitative estimate of drug-likeness (QED) is 0.518. The van der Waals surface area contributed by atoms with Crippen LogP contribution in [0, 0.1) is 5.92 Å². The number of hydrogen-bond donors (Lipinski definition) is 1. The zero-order valence-corrected chi connectivity index (χ0v) is 19.1. The van der Waals surface area contributed by atoms with Gasteiger partial charge in [0.1, 0.15) is 6.29 Å². The van der Waals surface area contributed by atoms with Crippen molar-refractivity contribution < 1.29 is 14.7 Å². The summed E-state index contributed by atoms with van der Waals surface area (Å²) in [5, 5.41) is 9.51. The summed E-state index contributed by atoms with van der Waals surface area (Å²) < 4.78 is 0. The molecular formula is C29H28N2O3. The Bertz CT molecular complexity index is 1220. The third-order valence-electron chi connectivity index (χ3n) is 7.02. The van der Waals surface area contributed by atoms with Gasteiger partial charge in [0.2, 0.25) is 0 Å². The summed E-state index contributed by atoms with van der Waals surface area (Å²) >= 11 is 0. The van der Waals surface area contributed by atoms with Crippen molar-refractivity contribution in [3.63, 3.8) is 0 Å². The molecule has 0 bridgehead atoms. The lowest BCUT2D eigenvalue weighted by Gasteiger charge is -2.31. The first kappa shape index (κ1) is 22.1. The third kappa shape index (κ3) is 4.38. The predicted octanol–water partition coefficient (Wildman–Crippen LogP) is 5.49. The zero-order chi connectivity index (χ0) is 23.5. The van der Waals surface area contributed by atoms with Gasteiger partial charge < -0.3 is 14.8 Å². The average molecular weight is 453 g/mol. The molecule has 1 saturated heterocycles. The van der Waals surface area contributed by atoms with Crippen molar-refractivity contribution in [1.29, 1.82) is 0 Å². The molecule has 2 aromatic carbocycles. The highest BCUT2D eigenvalue weighted by molar-refractivity contribution is 6.00. The van der Waals surface area contributed by atoms with E-state index < -0.39 is 5.97 Å². The van der Waals surface area contributed by atoms with Crippen LogP contribution in [-0.2, 0) is 11.2 Å². The summed E-state index contributed by atoms with van der Waals surface area (Å²) in [6.45, 7) is 1.79. The second kappa shape index (κ2) is 9.64. The average Bonchev–Trinajstić information content (AvgIpc) is 3.08. The van der Waals surface area contributed by atoms with Crippen molar-refractivity contribution in [1.82, 2.24) is 4.98 Å². The van der Waals surface area contributed by atoms with E-state index in [9.17, 15) is 14.7 Å². The molecule has 3 aromatic rings. The maximum Gasteiger partial charge on any atom is 0.335 e. The molecule has 0 amide bonds. The van der Waals surface area contributed by atoms with Gasteiger partial charge in [-0.2, -0.15) is 0 Å². The Morgan fingerprint density at radius 1 is 1.00 bits per heavy atom. The standard InChI is InChI=1S/C29H28N2O3/c32-19-20-13-16-31(17-14-20)24-10-7-21(8-11-24)28-25-12-9-23(29(33)34)18-22(25)4-3-5-26(28)27-6-1-2-15-30-27/h1-2,6-12,15,18-20H,3-5,13-14,16-17H2,(H,33,34). The molecule has 2 aliphatic rings. The number of nitrogens with zero attached hydrogens (tertiary/aromatic N) is 2. The molecule has 0 radical (unpaired) electrons. The number of aryl methyl sites for hydroxylation is 1. The molecule has 1 aliphatic heterocycles. The molecule has 0 atom stereocenters. The number of rotatable bonds is 5. The topological polar surface area (TPSA) is 70.5 Å². The summed E-state index contributed by atoms with van der Waals surface area (Å²) in [4.78, 5) is 29.7. The number of carbonyl (C=O) groups excluding carboxylic acids is 1. The van der Waals surface area contributed by atoms with Gasteiger partial charge in [0.25, 0.3) is 0 Å². The lowest BCUT2D eigenvalue weighted by atomic mass is 9.88. The van der Waals surface area contributed by atoms with Gasteiger partial charge in [-0.05, 0) is 96.3 Å². The number of piperidine rings is 1. The summed E-state index contributed by atoms with van der Waals surface area (Å²) in [5.74, 6) is -0.718. The van der Waals surface area contributed by atoms with Crippen LogP contribution in [0.2, 0.25) is 0 Å². The molecule has 172 valence electrons. The number of pyridine rings is 1. The Morgan fingerprint density at radius 2 is 1.79 bits per heavy atom. The maximum absolute atomic E-state index is 11.6. The second-order valence-electron chi connectivity index (χ2n) is 9.11. The first-order valence-corrected chi connectivity index (χ1v) is 12.0. The van der Waals surface area contributed by atoms with Crippen LogP contribution in [0.4, 0.5) is 5.69 Å². The molecule has 0 spiro atoms. The number of carboxylic acids is 1. The second-order valence-corrected chi connectivity index (χ2v) is 9.11. The summed E-state index contributed by atoms with van der Waals surface area (Å²) in [6, 6.07) is 20.1. The lowest BCUT2D eigenvalue weighted by Crippen LogP contribution is -2.34. The Labute approximate surface area is 199 Å². The van der Waals surface area contributed by atoms with Crippen LogP contribution in [0.25, 0.3) is 11.1 Å². The van der Waals surface area contributed by atoms with Gasteiger partial charge in [-0.25, -0.2) is 4.79 Å². The number of carboxylic acid groups (broad SMARTS) is 1. The molecule has 5 rings (SSSR count). The van der Waals surface area contributed by atoms with Crippen molar-refractivity contribution in [2.45, 2.75) is 32.1 Å². The molecule has 1 N–H and O–H groups in total. The van der Waals surface area contributed by atoms with E-state index in [1.807, 2.05) is 30.5 Å². The number of carbonyl (C=O) groups is 2. The smallest absolute Gasteiger partial charge is 0.335 e. The van der Waals surface area contributed by atoms with Gasteiger partial charge in [0, 0.05) is 30.9 Å². The maximum atomic E-state index is 11.6. The molecule has 5 heteroatoms. The van der Waals surface area contributed by atoms with E-state index in [0.717, 1.165) is 79.4 Å². The van der Waals surface area contributed by atoms with Gasteiger partial charge in [-0.15, -0.1) is 0 Å². The van der Waals surface area contributed by atoms with Crippen molar-refractivity contribution >= 4 is 29.1 Å². The van der Waals surface area contributed by atoms with Gasteiger partial charge in [0.05, 0.1) is 11.3 Å². The van der Waals surface area contributed by atoms with Gasteiger partial charge in [-0.1, -0.05) is 24.3 Å². The van der Waals surface area contributed by atoms with Gasteiger partial charge in [-0.3, -0.25) is 4.98 Å². The molecule has 2 heterocycles. The molecule has 0 saturated carbocycles. The van der Waals surface area contributed by atoms with Crippen LogP contribution in [0.1, 0.15) is 58.4 Å². The van der Waals surface area contributed by atoms with Crippen LogP contribution in [-0.4, -0.2) is 35.4 Å². The van der Waals surface area contributed by atoms with Crippen molar-refractivity contribution in [2.75, 3.05) is 18.0 Å². The van der Waals surface area contributed by atoms with Crippen LogP contribution in [0.5, 0.6) is 0 Å². The van der Waals surface area contributed by atoms with Crippen molar-refractivity contribution in [2.24, 2.45) is 5.92 Å². The number of hydrogen-bond acceptors (Lipinski definition) is 4. The normalized spacial score (nSPS) is 16.6. The Balaban J connectivity index is 1.58. The number of aldehydes is 1. The van der Waals surface area contributed by atoms with E-state index in [0.29, 0.717) is 5.56 Å². The number of benzene rings is 2. The molecule has 5 nitrogen and oxygen atoms in total. The number of aromatic nitrogens is 1. The minimum atomic E-state index is -0.898. The highest BCUT2D eigenvalue weighted by Crippen LogP contribution is 2.40. The number of allylic oxidation sites excluding steroid dienone is 1. The summed E-state index contributed by atoms with van der Waals surface area (Å²) in [7, 11) is 0. The first-order chi connectivity index (χ1) is 16.6. The van der Waals surface area contributed by atoms with Crippen molar-refractivity contribution in [3.05, 3.63) is 94.8 Å². The third-order valence-corrected chi connectivity index (χ3v) is 7.02. The zero-order valence-electron chi connectivity index (χ0n) is 19.1. The molecule has 0 unspecified atom stereocenters. The van der Waals surface area contributed by atoms with Crippen LogP contribution in [0.3, 0.4) is 0 Å². The highest BCUT2D eigenvalue weighted by Gasteiger charge is 2.23. The van der Waals surface area contributed by atoms with Gasteiger partial charge >= 0.3 is 5.97 Å². The predicted molar refractivity (Wildman–Crippen MR) is 134 cm³/mol. The van der Waals surface area contributed by atoms with E-state index in [4.69, 9.17) is 0 Å². The summed E-state index contributed by atoms with van der Waals surface area (Å²) in [5.41, 5.74) is 8.06. The van der Waals surface area contributed by atoms with Crippen LogP contribution in [0.15, 0.2) is 66.9 Å². The number of fused-ring (bicyclic) bond motifs is 1. The fraction of sp³-hybridized carbons (Fsp3) is 0.276. The molecule has 34 heavy (non-hydrogen) atoms. The minimum Gasteiger partial charge on any atom is -0.478 e.